The summed E-state index contributed by atoms with van der Waals surface area (Å²) in [6.45, 7) is 1.89. The Morgan fingerprint density at radius 3 is 2.81 bits per heavy atom. The summed E-state index contributed by atoms with van der Waals surface area (Å²) in [5.74, 6) is -0.210. The molecule has 1 amide bonds. The van der Waals surface area contributed by atoms with Gasteiger partial charge in [-0.3, -0.25) is 14.6 Å². The maximum Gasteiger partial charge on any atom is 0.274 e. The largest absolute Gasteiger partial charge is 0.318 e. The molecule has 0 spiro atoms. The van der Waals surface area contributed by atoms with Crippen molar-refractivity contribution in [2.24, 2.45) is 7.05 Å². The number of aryl methyl sites for hydroxylation is 1. The SMILES string of the molecule is Cc1c(NC(=O)c2[nH]ncc2I)cnn1C. The molecule has 7 heteroatoms. The highest BCUT2D eigenvalue weighted by Gasteiger charge is 2.14. The summed E-state index contributed by atoms with van der Waals surface area (Å²) in [5, 5.41) is 13.3. The number of aromatic amines is 1. The van der Waals surface area contributed by atoms with Crippen molar-refractivity contribution in [3.8, 4) is 0 Å². The first-order chi connectivity index (χ1) is 7.59. The lowest BCUT2D eigenvalue weighted by molar-refractivity contribution is 0.102. The number of hydrogen-bond acceptors (Lipinski definition) is 3. The van der Waals surface area contributed by atoms with Crippen LogP contribution >= 0.6 is 22.6 Å². The van der Waals surface area contributed by atoms with Crippen molar-refractivity contribution in [3.63, 3.8) is 0 Å². The number of halogens is 1. The number of amides is 1. The molecule has 2 heterocycles. The van der Waals surface area contributed by atoms with Crippen molar-refractivity contribution in [1.29, 1.82) is 0 Å². The van der Waals surface area contributed by atoms with Gasteiger partial charge in [-0.05, 0) is 29.5 Å². The molecule has 0 aliphatic carbocycles. The first kappa shape index (κ1) is 11.1. The summed E-state index contributed by atoms with van der Waals surface area (Å²) < 4.78 is 2.49. The zero-order valence-corrected chi connectivity index (χ0v) is 10.9. The van der Waals surface area contributed by atoms with Gasteiger partial charge in [0.15, 0.2) is 0 Å². The lowest BCUT2D eigenvalue weighted by Gasteiger charge is -2.02. The van der Waals surface area contributed by atoms with E-state index in [1.165, 1.54) is 0 Å². The maximum atomic E-state index is 11.8. The van der Waals surface area contributed by atoms with Gasteiger partial charge < -0.3 is 5.32 Å². The second kappa shape index (κ2) is 4.24. The standard InChI is InChI=1S/C9H10IN5O/c1-5-7(4-12-15(5)2)13-9(16)8-6(10)3-11-14-8/h3-4H,1-2H3,(H,11,14)(H,13,16). The van der Waals surface area contributed by atoms with Crippen molar-refractivity contribution < 1.29 is 4.79 Å². The maximum absolute atomic E-state index is 11.8. The highest BCUT2D eigenvalue weighted by molar-refractivity contribution is 14.1. The third-order valence-corrected chi connectivity index (χ3v) is 3.12. The molecule has 2 aromatic rings. The van der Waals surface area contributed by atoms with Gasteiger partial charge in [0, 0.05) is 7.05 Å². The predicted octanol–water partition coefficient (Wildman–Crippen LogP) is 1.31. The molecule has 0 saturated heterocycles. The number of carbonyl (C=O) groups excluding carboxylic acids is 1. The van der Waals surface area contributed by atoms with Crippen molar-refractivity contribution in [1.82, 2.24) is 20.0 Å². The Balaban J connectivity index is 2.20. The molecule has 0 bridgehead atoms. The van der Waals surface area contributed by atoms with Gasteiger partial charge in [0.2, 0.25) is 0 Å². The van der Waals surface area contributed by atoms with Crippen LogP contribution in [0, 0.1) is 10.5 Å². The second-order valence-corrected chi connectivity index (χ2v) is 4.48. The van der Waals surface area contributed by atoms with Crippen LogP contribution in [-0.4, -0.2) is 25.9 Å². The van der Waals surface area contributed by atoms with Crippen LogP contribution in [0.5, 0.6) is 0 Å². The fourth-order valence-corrected chi connectivity index (χ4v) is 1.74. The number of carbonyl (C=O) groups is 1. The molecule has 0 unspecified atom stereocenters. The van der Waals surface area contributed by atoms with Crippen molar-refractivity contribution in [2.75, 3.05) is 5.32 Å². The highest BCUT2D eigenvalue weighted by Crippen LogP contribution is 2.15. The molecule has 0 saturated carbocycles. The van der Waals surface area contributed by atoms with Gasteiger partial charge in [0.05, 0.1) is 27.3 Å². The molecule has 0 aliphatic rings. The molecule has 2 N–H and O–H groups in total. The van der Waals surface area contributed by atoms with E-state index in [2.05, 4.69) is 43.2 Å². The number of aromatic nitrogens is 4. The van der Waals surface area contributed by atoms with E-state index in [-0.39, 0.29) is 5.91 Å². The Bertz CT molecular complexity index is 530. The molecule has 0 aliphatic heterocycles. The summed E-state index contributed by atoms with van der Waals surface area (Å²) in [6.07, 6.45) is 3.22. The summed E-state index contributed by atoms with van der Waals surface area (Å²) in [6, 6.07) is 0. The number of H-pyrrole nitrogens is 1. The van der Waals surface area contributed by atoms with Crippen LogP contribution in [0.15, 0.2) is 12.4 Å². The summed E-state index contributed by atoms with van der Waals surface area (Å²) in [7, 11) is 1.82. The average molecular weight is 331 g/mol. The van der Waals surface area contributed by atoms with Crippen LogP contribution in [0.25, 0.3) is 0 Å². The number of hydrogen-bond donors (Lipinski definition) is 2. The molecule has 0 radical (unpaired) electrons. The fourth-order valence-electron chi connectivity index (χ4n) is 1.24. The Hall–Kier alpha value is -1.38. The lowest BCUT2D eigenvalue weighted by atomic mass is 10.3. The van der Waals surface area contributed by atoms with Gasteiger partial charge in [0.1, 0.15) is 5.69 Å². The summed E-state index contributed by atoms with van der Waals surface area (Å²) in [4.78, 5) is 11.8. The molecule has 2 aromatic heterocycles. The molecule has 16 heavy (non-hydrogen) atoms. The van der Waals surface area contributed by atoms with E-state index in [0.717, 1.165) is 9.26 Å². The van der Waals surface area contributed by atoms with Crippen molar-refractivity contribution in [2.45, 2.75) is 6.92 Å². The smallest absolute Gasteiger partial charge is 0.274 e. The van der Waals surface area contributed by atoms with Gasteiger partial charge >= 0.3 is 0 Å². The second-order valence-electron chi connectivity index (χ2n) is 3.31. The predicted molar refractivity (Wildman–Crippen MR) is 67.2 cm³/mol. The third-order valence-electron chi connectivity index (χ3n) is 2.30. The number of nitrogens with zero attached hydrogens (tertiary/aromatic N) is 3. The fraction of sp³-hybridized carbons (Fsp3) is 0.222. The Labute approximate surface area is 106 Å². The number of anilines is 1. The molecular weight excluding hydrogens is 321 g/mol. The third kappa shape index (κ3) is 1.94. The quantitative estimate of drug-likeness (QED) is 0.815. The van der Waals surface area contributed by atoms with E-state index in [9.17, 15) is 4.79 Å². The van der Waals surface area contributed by atoms with Crippen molar-refractivity contribution in [3.05, 3.63) is 27.4 Å². The van der Waals surface area contributed by atoms with Gasteiger partial charge in [-0.2, -0.15) is 10.2 Å². The summed E-state index contributed by atoms with van der Waals surface area (Å²) in [5.41, 5.74) is 2.07. The van der Waals surface area contributed by atoms with Gasteiger partial charge in [-0.15, -0.1) is 0 Å². The molecule has 6 nitrogen and oxygen atoms in total. The average Bonchev–Trinajstić information content (AvgIpc) is 2.79. The number of nitrogens with one attached hydrogen (secondary N) is 2. The van der Waals surface area contributed by atoms with Crippen LogP contribution in [-0.2, 0) is 7.05 Å². The van der Waals surface area contributed by atoms with Gasteiger partial charge in [-0.25, -0.2) is 0 Å². The van der Waals surface area contributed by atoms with Crippen LogP contribution in [0.1, 0.15) is 16.2 Å². The molecule has 84 valence electrons. The first-order valence-corrected chi connectivity index (χ1v) is 5.66. The van der Waals surface area contributed by atoms with Crippen LogP contribution in [0.3, 0.4) is 0 Å². The van der Waals surface area contributed by atoms with Crippen LogP contribution in [0.4, 0.5) is 5.69 Å². The molecule has 0 fully saturated rings. The minimum absolute atomic E-state index is 0.210. The monoisotopic (exact) mass is 331 g/mol. The molecule has 2 rings (SSSR count). The molecule has 0 atom stereocenters. The zero-order chi connectivity index (χ0) is 11.7. The molecular formula is C9H10IN5O. The van der Waals surface area contributed by atoms with E-state index >= 15 is 0 Å². The number of rotatable bonds is 2. The minimum atomic E-state index is -0.210. The van der Waals surface area contributed by atoms with E-state index in [1.54, 1.807) is 17.1 Å². The van der Waals surface area contributed by atoms with E-state index < -0.39 is 0 Å². The normalized spacial score (nSPS) is 10.4. The van der Waals surface area contributed by atoms with E-state index in [4.69, 9.17) is 0 Å². The van der Waals surface area contributed by atoms with Crippen LogP contribution < -0.4 is 5.32 Å². The topological polar surface area (TPSA) is 75.6 Å². The van der Waals surface area contributed by atoms with Gasteiger partial charge in [0.25, 0.3) is 5.91 Å². The Morgan fingerprint density at radius 1 is 1.56 bits per heavy atom. The lowest BCUT2D eigenvalue weighted by Crippen LogP contribution is -2.14. The zero-order valence-electron chi connectivity index (χ0n) is 8.78. The Morgan fingerprint density at radius 2 is 2.31 bits per heavy atom. The van der Waals surface area contributed by atoms with Gasteiger partial charge in [-0.1, -0.05) is 0 Å². The van der Waals surface area contributed by atoms with Crippen LogP contribution in [0.2, 0.25) is 0 Å². The molecule has 0 aromatic carbocycles. The Kier molecular flexibility index (Phi) is 2.95. The van der Waals surface area contributed by atoms with E-state index in [1.807, 2.05) is 14.0 Å². The van der Waals surface area contributed by atoms with E-state index in [0.29, 0.717) is 11.4 Å². The first-order valence-electron chi connectivity index (χ1n) is 4.58. The van der Waals surface area contributed by atoms with Crippen molar-refractivity contribution >= 4 is 34.2 Å². The minimum Gasteiger partial charge on any atom is -0.318 e. The highest BCUT2D eigenvalue weighted by atomic mass is 127. The summed E-state index contributed by atoms with van der Waals surface area (Å²) >= 11 is 2.05.